The molecular weight excluding hydrogens is 334 g/mol. The normalized spacial score (nSPS) is 24.6. The summed E-state index contributed by atoms with van der Waals surface area (Å²) in [5, 5.41) is 0. The Balaban J connectivity index is 1.37. The maximum Gasteiger partial charge on any atom is 0.159 e. The smallest absolute Gasteiger partial charge is 0.159 e. The summed E-state index contributed by atoms with van der Waals surface area (Å²) < 4.78 is 26.6. The van der Waals surface area contributed by atoms with Gasteiger partial charge in [0.1, 0.15) is 5.82 Å². The van der Waals surface area contributed by atoms with Crippen LogP contribution in [-0.2, 0) is 13.1 Å². The molecule has 1 aromatic heterocycles. The number of likely N-dealkylation sites (tertiary alicyclic amines) is 2. The molecule has 1 spiro atoms. The maximum atomic E-state index is 13.5. The first-order chi connectivity index (χ1) is 12.5. The van der Waals surface area contributed by atoms with E-state index in [1.165, 1.54) is 25.0 Å². The molecule has 4 nitrogen and oxygen atoms in total. The molecule has 4 rings (SSSR count). The average molecular weight is 360 g/mol. The first-order valence-electron chi connectivity index (χ1n) is 9.41. The summed E-state index contributed by atoms with van der Waals surface area (Å²) in [5.74, 6) is -0.493. The van der Waals surface area contributed by atoms with Crippen molar-refractivity contribution in [2.45, 2.75) is 39.3 Å². The Morgan fingerprint density at radius 3 is 2.62 bits per heavy atom. The van der Waals surface area contributed by atoms with E-state index in [1.54, 1.807) is 6.07 Å². The van der Waals surface area contributed by atoms with Crippen LogP contribution in [-0.4, -0.2) is 45.9 Å². The molecule has 1 atom stereocenters. The lowest BCUT2D eigenvalue weighted by Gasteiger charge is -2.40. The second-order valence-electron chi connectivity index (χ2n) is 8.04. The molecule has 26 heavy (non-hydrogen) atoms. The number of piperidine rings is 1. The summed E-state index contributed by atoms with van der Waals surface area (Å²) in [7, 11) is 0. The van der Waals surface area contributed by atoms with Crippen molar-refractivity contribution in [1.29, 1.82) is 0 Å². The Bertz CT molecular complexity index is 775. The van der Waals surface area contributed by atoms with Gasteiger partial charge >= 0.3 is 0 Å². The molecule has 2 aromatic rings. The molecular formula is C20H26F2N4. The molecule has 2 fully saturated rings. The van der Waals surface area contributed by atoms with E-state index in [-0.39, 0.29) is 0 Å². The average Bonchev–Trinajstić information content (AvgIpc) is 3.18. The van der Waals surface area contributed by atoms with Crippen molar-refractivity contribution < 1.29 is 8.78 Å². The van der Waals surface area contributed by atoms with Crippen LogP contribution in [0.15, 0.2) is 24.4 Å². The van der Waals surface area contributed by atoms with E-state index in [4.69, 9.17) is 0 Å². The molecule has 1 aromatic carbocycles. The van der Waals surface area contributed by atoms with E-state index >= 15 is 0 Å². The number of H-pyrrole nitrogens is 1. The predicted octanol–water partition coefficient (Wildman–Crippen LogP) is 3.48. The van der Waals surface area contributed by atoms with Crippen LogP contribution in [0.5, 0.6) is 0 Å². The van der Waals surface area contributed by atoms with Crippen molar-refractivity contribution in [2.75, 3.05) is 26.2 Å². The van der Waals surface area contributed by atoms with Gasteiger partial charge < -0.3 is 4.98 Å². The van der Waals surface area contributed by atoms with Crippen LogP contribution in [0.1, 0.15) is 36.3 Å². The monoisotopic (exact) mass is 360 g/mol. The van der Waals surface area contributed by atoms with Crippen molar-refractivity contribution in [2.24, 2.45) is 5.41 Å². The molecule has 2 aliphatic heterocycles. The highest BCUT2D eigenvalue weighted by Crippen LogP contribution is 2.39. The van der Waals surface area contributed by atoms with E-state index in [1.807, 2.05) is 13.1 Å². The Labute approximate surface area is 153 Å². The van der Waals surface area contributed by atoms with Crippen LogP contribution in [0.4, 0.5) is 8.78 Å². The fourth-order valence-corrected chi connectivity index (χ4v) is 4.60. The minimum absolute atomic E-state index is 0.318. The predicted molar refractivity (Wildman–Crippen MR) is 96.5 cm³/mol. The second-order valence-corrected chi connectivity index (χ2v) is 8.04. The molecule has 0 bridgehead atoms. The van der Waals surface area contributed by atoms with E-state index < -0.39 is 11.6 Å². The number of nitrogens with one attached hydrogen (secondary N) is 1. The lowest BCUT2D eigenvalue weighted by Crippen LogP contribution is -2.44. The van der Waals surface area contributed by atoms with Gasteiger partial charge in [0, 0.05) is 31.5 Å². The van der Waals surface area contributed by atoms with Gasteiger partial charge in [-0.1, -0.05) is 6.07 Å². The van der Waals surface area contributed by atoms with Gasteiger partial charge in [0.2, 0.25) is 0 Å². The zero-order valence-corrected chi connectivity index (χ0v) is 15.3. The summed E-state index contributed by atoms with van der Waals surface area (Å²) >= 11 is 0. The first kappa shape index (κ1) is 17.6. The van der Waals surface area contributed by atoms with Gasteiger partial charge in [-0.25, -0.2) is 13.8 Å². The number of hydrogen-bond donors (Lipinski definition) is 1. The van der Waals surface area contributed by atoms with Crippen molar-refractivity contribution in [3.05, 3.63) is 53.1 Å². The van der Waals surface area contributed by atoms with Crippen LogP contribution in [0.2, 0.25) is 0 Å². The van der Waals surface area contributed by atoms with Crippen LogP contribution in [0.3, 0.4) is 0 Å². The molecule has 6 heteroatoms. The molecule has 140 valence electrons. The SMILES string of the molecule is Cc1cnc(CN2CC[C@]3(CCCN(Cc4ccc(F)c(F)c4)C3)C2)[nH]1. The highest BCUT2D eigenvalue weighted by Gasteiger charge is 2.41. The summed E-state index contributed by atoms with van der Waals surface area (Å²) in [6.07, 6.45) is 5.48. The van der Waals surface area contributed by atoms with Gasteiger partial charge in [-0.2, -0.15) is 0 Å². The second kappa shape index (κ2) is 7.08. The van der Waals surface area contributed by atoms with Crippen LogP contribution >= 0.6 is 0 Å². The minimum Gasteiger partial charge on any atom is -0.345 e. The number of hydrogen-bond acceptors (Lipinski definition) is 3. The van der Waals surface area contributed by atoms with Crippen molar-refractivity contribution >= 4 is 0 Å². The summed E-state index contributed by atoms with van der Waals surface area (Å²) in [5.41, 5.74) is 2.27. The fourth-order valence-electron chi connectivity index (χ4n) is 4.60. The maximum absolute atomic E-state index is 13.5. The van der Waals surface area contributed by atoms with Gasteiger partial charge in [-0.05, 0) is 62.4 Å². The molecule has 0 radical (unpaired) electrons. The third-order valence-electron chi connectivity index (χ3n) is 5.78. The zero-order valence-electron chi connectivity index (χ0n) is 15.3. The molecule has 2 aliphatic rings. The third-order valence-corrected chi connectivity index (χ3v) is 5.78. The highest BCUT2D eigenvalue weighted by molar-refractivity contribution is 5.18. The summed E-state index contributed by atoms with van der Waals surface area (Å²) in [6, 6.07) is 4.25. The zero-order chi connectivity index (χ0) is 18.1. The molecule has 1 N–H and O–H groups in total. The van der Waals surface area contributed by atoms with Gasteiger partial charge in [-0.3, -0.25) is 9.80 Å². The molecule has 0 amide bonds. The van der Waals surface area contributed by atoms with E-state index in [0.29, 0.717) is 12.0 Å². The topological polar surface area (TPSA) is 35.2 Å². The number of nitrogens with zero attached hydrogens (tertiary/aromatic N) is 3. The molecule has 0 aliphatic carbocycles. The number of aromatic nitrogens is 2. The van der Waals surface area contributed by atoms with Crippen LogP contribution < -0.4 is 0 Å². The lowest BCUT2D eigenvalue weighted by molar-refractivity contribution is 0.0862. The van der Waals surface area contributed by atoms with E-state index in [9.17, 15) is 8.78 Å². The minimum atomic E-state index is -0.775. The van der Waals surface area contributed by atoms with Crippen LogP contribution in [0, 0.1) is 24.0 Å². The number of rotatable bonds is 4. The highest BCUT2D eigenvalue weighted by atomic mass is 19.2. The molecule has 3 heterocycles. The largest absolute Gasteiger partial charge is 0.345 e. The van der Waals surface area contributed by atoms with Gasteiger partial charge in [0.15, 0.2) is 11.6 Å². The number of aromatic amines is 1. The van der Waals surface area contributed by atoms with Gasteiger partial charge in [0.25, 0.3) is 0 Å². The molecule has 2 saturated heterocycles. The van der Waals surface area contributed by atoms with Crippen LogP contribution in [0.25, 0.3) is 0 Å². The Kier molecular flexibility index (Phi) is 4.80. The Hall–Kier alpha value is -1.79. The van der Waals surface area contributed by atoms with E-state index in [0.717, 1.165) is 56.2 Å². The van der Waals surface area contributed by atoms with Gasteiger partial charge in [-0.15, -0.1) is 0 Å². The Morgan fingerprint density at radius 1 is 1.08 bits per heavy atom. The Morgan fingerprint density at radius 2 is 1.88 bits per heavy atom. The standard InChI is InChI=1S/C20H26F2N4/c1-15-10-23-19(24-15)12-26-8-6-20(14-26)5-2-7-25(13-20)11-16-3-4-17(21)18(22)9-16/h3-4,9-10H,2,5-8,11-14H2,1H3,(H,23,24)/t20-/m0/s1. The number of benzene rings is 1. The molecule has 0 saturated carbocycles. The summed E-state index contributed by atoms with van der Waals surface area (Å²) in [4.78, 5) is 12.6. The van der Waals surface area contributed by atoms with Crippen molar-refractivity contribution in [1.82, 2.24) is 19.8 Å². The van der Waals surface area contributed by atoms with E-state index in [2.05, 4.69) is 19.8 Å². The summed E-state index contributed by atoms with van der Waals surface area (Å²) in [6.45, 7) is 7.83. The molecule has 0 unspecified atom stereocenters. The lowest BCUT2D eigenvalue weighted by atomic mass is 9.79. The quantitative estimate of drug-likeness (QED) is 0.907. The van der Waals surface area contributed by atoms with Crippen molar-refractivity contribution in [3.63, 3.8) is 0 Å². The number of aryl methyl sites for hydroxylation is 1. The number of halogens is 2. The fraction of sp³-hybridized carbons (Fsp3) is 0.550. The van der Waals surface area contributed by atoms with Crippen molar-refractivity contribution in [3.8, 4) is 0 Å². The third kappa shape index (κ3) is 3.81. The van der Waals surface area contributed by atoms with Gasteiger partial charge in [0.05, 0.1) is 6.54 Å². The number of imidazole rings is 1. The first-order valence-corrected chi connectivity index (χ1v) is 9.41.